The van der Waals surface area contributed by atoms with Gasteiger partial charge in [0.15, 0.2) is 0 Å². The molecule has 1 atom stereocenters. The molecule has 1 aliphatic carbocycles. The second kappa shape index (κ2) is 5.16. The Hall–Kier alpha value is -2.03. The van der Waals surface area contributed by atoms with E-state index >= 15 is 0 Å². The molecule has 0 spiro atoms. The molecule has 0 saturated carbocycles. The summed E-state index contributed by atoms with van der Waals surface area (Å²) in [5.41, 5.74) is 3.88. The van der Waals surface area contributed by atoms with Crippen LogP contribution in [0.3, 0.4) is 0 Å². The lowest BCUT2D eigenvalue weighted by Gasteiger charge is -2.28. The van der Waals surface area contributed by atoms with Gasteiger partial charge in [-0.1, -0.05) is 12.1 Å². The van der Waals surface area contributed by atoms with E-state index in [1.54, 1.807) is 19.1 Å². The Morgan fingerprint density at radius 2 is 2.10 bits per heavy atom. The van der Waals surface area contributed by atoms with Gasteiger partial charge in [-0.3, -0.25) is 0 Å². The van der Waals surface area contributed by atoms with Crippen molar-refractivity contribution in [2.75, 3.05) is 5.32 Å². The monoisotopic (exact) mass is 271 g/mol. The minimum absolute atomic E-state index is 0.180. The van der Waals surface area contributed by atoms with Crippen LogP contribution in [0.1, 0.15) is 35.6 Å². The topological polar surface area (TPSA) is 32.3 Å². The highest BCUT2D eigenvalue weighted by molar-refractivity contribution is 5.53. The maximum Gasteiger partial charge on any atom is 0.128 e. The molecule has 3 rings (SSSR count). The van der Waals surface area contributed by atoms with E-state index in [0.717, 1.165) is 24.9 Å². The molecule has 2 N–H and O–H groups in total. The SMILES string of the molecule is Cc1c(F)cccc1NC1CCCc2cc(O)ccc21. The van der Waals surface area contributed by atoms with Crippen LogP contribution in [0.2, 0.25) is 0 Å². The first-order chi connectivity index (χ1) is 9.65. The number of aromatic hydroxyl groups is 1. The molecule has 1 aliphatic rings. The third-order valence-corrected chi connectivity index (χ3v) is 4.04. The van der Waals surface area contributed by atoms with Gasteiger partial charge >= 0.3 is 0 Å². The first-order valence-electron chi connectivity index (χ1n) is 6.98. The van der Waals surface area contributed by atoms with Gasteiger partial charge < -0.3 is 10.4 Å². The van der Waals surface area contributed by atoms with E-state index < -0.39 is 0 Å². The molecule has 104 valence electrons. The maximum absolute atomic E-state index is 13.6. The molecule has 1 unspecified atom stereocenters. The molecule has 2 nitrogen and oxygen atoms in total. The third kappa shape index (κ3) is 2.36. The molecule has 0 bridgehead atoms. The quantitative estimate of drug-likeness (QED) is 0.852. The lowest BCUT2D eigenvalue weighted by Crippen LogP contribution is -2.18. The second-order valence-electron chi connectivity index (χ2n) is 5.38. The minimum atomic E-state index is -0.184. The lowest BCUT2D eigenvalue weighted by molar-refractivity contribution is 0.472. The average molecular weight is 271 g/mol. The summed E-state index contributed by atoms with van der Waals surface area (Å²) in [6.45, 7) is 1.79. The Balaban J connectivity index is 1.91. The highest BCUT2D eigenvalue weighted by atomic mass is 19.1. The summed E-state index contributed by atoms with van der Waals surface area (Å²) in [5, 5.41) is 13.0. The van der Waals surface area contributed by atoms with Crippen LogP contribution in [0.5, 0.6) is 5.75 Å². The molecule has 0 aromatic heterocycles. The molecule has 0 aliphatic heterocycles. The summed E-state index contributed by atoms with van der Waals surface area (Å²) >= 11 is 0. The van der Waals surface area contributed by atoms with E-state index in [9.17, 15) is 9.50 Å². The van der Waals surface area contributed by atoms with Crippen LogP contribution in [-0.4, -0.2) is 5.11 Å². The number of nitrogens with one attached hydrogen (secondary N) is 1. The normalized spacial score (nSPS) is 17.6. The standard InChI is InChI=1S/C17H18FNO/c1-11-15(18)5-3-6-16(11)19-17-7-2-4-12-10-13(20)8-9-14(12)17/h3,5-6,8-10,17,19-20H,2,4,7H2,1H3. The molecule has 0 fully saturated rings. The summed E-state index contributed by atoms with van der Waals surface area (Å²) in [6.07, 6.45) is 3.08. The molecule has 0 saturated heterocycles. The summed E-state index contributed by atoms with van der Waals surface area (Å²) in [6, 6.07) is 10.8. The third-order valence-electron chi connectivity index (χ3n) is 4.04. The Morgan fingerprint density at radius 3 is 2.95 bits per heavy atom. The summed E-state index contributed by atoms with van der Waals surface area (Å²) in [5.74, 6) is 0.128. The van der Waals surface area contributed by atoms with Crippen LogP contribution in [0, 0.1) is 12.7 Å². The fourth-order valence-corrected chi connectivity index (χ4v) is 2.90. The highest BCUT2D eigenvalue weighted by Crippen LogP contribution is 2.35. The Kier molecular flexibility index (Phi) is 3.35. The largest absolute Gasteiger partial charge is 0.508 e. The first-order valence-corrected chi connectivity index (χ1v) is 6.98. The summed E-state index contributed by atoms with van der Waals surface area (Å²) in [4.78, 5) is 0. The number of anilines is 1. The molecule has 0 amide bonds. The van der Waals surface area contributed by atoms with Gasteiger partial charge in [-0.25, -0.2) is 4.39 Å². The fraction of sp³-hybridized carbons (Fsp3) is 0.294. The number of hydrogen-bond acceptors (Lipinski definition) is 2. The van der Waals surface area contributed by atoms with Gasteiger partial charge in [-0.2, -0.15) is 0 Å². The number of halogens is 1. The fourth-order valence-electron chi connectivity index (χ4n) is 2.90. The number of benzene rings is 2. The Morgan fingerprint density at radius 1 is 1.25 bits per heavy atom. The second-order valence-corrected chi connectivity index (χ2v) is 5.38. The van der Waals surface area contributed by atoms with Crippen molar-refractivity contribution in [2.45, 2.75) is 32.2 Å². The van der Waals surface area contributed by atoms with Crippen LogP contribution in [0.15, 0.2) is 36.4 Å². The van der Waals surface area contributed by atoms with Gasteiger partial charge in [0.2, 0.25) is 0 Å². The molecule has 20 heavy (non-hydrogen) atoms. The summed E-state index contributed by atoms with van der Waals surface area (Å²) in [7, 11) is 0. The minimum Gasteiger partial charge on any atom is -0.508 e. The molecular formula is C17H18FNO. The van der Waals surface area contributed by atoms with Crippen molar-refractivity contribution in [1.29, 1.82) is 0 Å². The zero-order valence-corrected chi connectivity index (χ0v) is 11.5. The first kappa shape index (κ1) is 13.0. The van der Waals surface area contributed by atoms with Gasteiger partial charge in [0.05, 0.1) is 6.04 Å². The van der Waals surface area contributed by atoms with Gasteiger partial charge in [0.25, 0.3) is 0 Å². The average Bonchev–Trinajstić information content (AvgIpc) is 2.44. The van der Waals surface area contributed by atoms with Crippen LogP contribution in [-0.2, 0) is 6.42 Å². The molecule has 2 aromatic carbocycles. The van der Waals surface area contributed by atoms with Gasteiger partial charge in [0.1, 0.15) is 11.6 Å². The van der Waals surface area contributed by atoms with Gasteiger partial charge in [-0.15, -0.1) is 0 Å². The molecule has 3 heteroatoms. The van der Waals surface area contributed by atoms with E-state index in [2.05, 4.69) is 5.32 Å². The van der Waals surface area contributed by atoms with Crippen molar-refractivity contribution in [3.05, 3.63) is 58.9 Å². The maximum atomic E-state index is 13.6. The predicted octanol–water partition coefficient (Wildman–Crippen LogP) is 4.33. The van der Waals surface area contributed by atoms with Gasteiger partial charge in [0, 0.05) is 11.3 Å². The zero-order valence-electron chi connectivity index (χ0n) is 11.5. The van der Waals surface area contributed by atoms with Crippen molar-refractivity contribution in [3.8, 4) is 5.75 Å². The molecular weight excluding hydrogens is 253 g/mol. The number of hydrogen-bond donors (Lipinski definition) is 2. The van der Waals surface area contributed by atoms with E-state index in [4.69, 9.17) is 0 Å². The van der Waals surface area contributed by atoms with E-state index in [0.29, 0.717) is 11.3 Å². The Labute approximate surface area is 118 Å². The molecule has 0 radical (unpaired) electrons. The number of phenols is 1. The van der Waals surface area contributed by atoms with Crippen LogP contribution >= 0.6 is 0 Å². The van der Waals surface area contributed by atoms with Crippen molar-refractivity contribution < 1.29 is 9.50 Å². The number of aryl methyl sites for hydroxylation is 1. The van der Waals surface area contributed by atoms with E-state index in [-0.39, 0.29) is 11.9 Å². The number of rotatable bonds is 2. The predicted molar refractivity (Wildman–Crippen MR) is 78.5 cm³/mol. The number of phenolic OH excluding ortho intramolecular Hbond substituents is 1. The van der Waals surface area contributed by atoms with Crippen molar-refractivity contribution >= 4 is 5.69 Å². The van der Waals surface area contributed by atoms with Crippen LogP contribution in [0.25, 0.3) is 0 Å². The lowest BCUT2D eigenvalue weighted by atomic mass is 9.87. The van der Waals surface area contributed by atoms with Crippen molar-refractivity contribution in [2.24, 2.45) is 0 Å². The van der Waals surface area contributed by atoms with Crippen molar-refractivity contribution in [1.82, 2.24) is 0 Å². The van der Waals surface area contributed by atoms with Crippen molar-refractivity contribution in [3.63, 3.8) is 0 Å². The van der Waals surface area contributed by atoms with Crippen LogP contribution < -0.4 is 5.32 Å². The van der Waals surface area contributed by atoms with E-state index in [1.165, 1.54) is 17.2 Å². The highest BCUT2D eigenvalue weighted by Gasteiger charge is 2.21. The molecule has 2 aromatic rings. The van der Waals surface area contributed by atoms with Gasteiger partial charge in [-0.05, 0) is 61.6 Å². The zero-order chi connectivity index (χ0) is 14.1. The Bertz CT molecular complexity index is 639. The number of fused-ring (bicyclic) bond motifs is 1. The molecule has 0 heterocycles. The smallest absolute Gasteiger partial charge is 0.128 e. The summed E-state index contributed by atoms with van der Waals surface area (Å²) < 4.78 is 13.6. The van der Waals surface area contributed by atoms with Crippen LogP contribution in [0.4, 0.5) is 10.1 Å². The van der Waals surface area contributed by atoms with E-state index in [1.807, 2.05) is 18.2 Å².